The molecular formula is C34H28O12. The molecule has 0 unspecified atom stereocenters. The van der Waals surface area contributed by atoms with Gasteiger partial charge in [0, 0.05) is 25.7 Å². The lowest BCUT2D eigenvalue weighted by Crippen LogP contribution is -2.14. The Hall–Kier alpha value is -6.04. The molecule has 1 aliphatic rings. The van der Waals surface area contributed by atoms with Gasteiger partial charge in [-0.15, -0.1) is 0 Å². The standard InChI is InChI=1S/C34H28O12/c1-15-2-16-4-18-8-24(32(40)41)10-20(29(18)38)6-22-12-26(34(44)45)13-23(31(22)46-14-27(35)36)7-21-11-25(33(42)43)9-19(30(21)39)5-17(3-15)28(16)37/h2-3,8-13,37-39H,4-7,14H2,1H3,(H,35,36)(H,40,41)(H,42,43)(H,44,45). The molecule has 0 aliphatic heterocycles. The highest BCUT2D eigenvalue weighted by Gasteiger charge is 2.24. The van der Waals surface area contributed by atoms with E-state index in [1.165, 1.54) is 36.4 Å². The predicted molar refractivity (Wildman–Crippen MR) is 161 cm³/mol. The summed E-state index contributed by atoms with van der Waals surface area (Å²) in [6.07, 6.45) is -0.869. The number of carboxylic acids is 4. The summed E-state index contributed by atoms with van der Waals surface area (Å²) >= 11 is 0. The fourth-order valence-corrected chi connectivity index (χ4v) is 5.79. The third-order valence-corrected chi connectivity index (χ3v) is 7.79. The van der Waals surface area contributed by atoms with E-state index in [-0.39, 0.29) is 98.8 Å². The lowest BCUT2D eigenvalue weighted by Gasteiger charge is -2.20. The molecule has 0 saturated carbocycles. The van der Waals surface area contributed by atoms with Crippen molar-refractivity contribution in [3.8, 4) is 23.0 Å². The van der Waals surface area contributed by atoms with Gasteiger partial charge in [0.1, 0.15) is 23.0 Å². The lowest BCUT2D eigenvalue weighted by atomic mass is 9.88. The molecule has 0 atom stereocenters. The van der Waals surface area contributed by atoms with Gasteiger partial charge < -0.3 is 40.5 Å². The highest BCUT2D eigenvalue weighted by atomic mass is 16.5. The summed E-state index contributed by atoms with van der Waals surface area (Å²) in [6, 6.07) is 10.6. The van der Waals surface area contributed by atoms with Gasteiger partial charge in [-0.2, -0.15) is 0 Å². The Morgan fingerprint density at radius 1 is 0.522 bits per heavy atom. The summed E-state index contributed by atoms with van der Waals surface area (Å²) in [5, 5.41) is 73.1. The fourth-order valence-electron chi connectivity index (χ4n) is 5.79. The third kappa shape index (κ3) is 6.27. The van der Waals surface area contributed by atoms with Gasteiger partial charge in [-0.1, -0.05) is 17.7 Å². The number of phenolic OH excluding ortho intramolecular Hbond substituents is 3. The van der Waals surface area contributed by atoms with Crippen LogP contribution in [-0.2, 0) is 30.5 Å². The molecule has 0 amide bonds. The van der Waals surface area contributed by atoms with Gasteiger partial charge in [0.2, 0.25) is 0 Å². The van der Waals surface area contributed by atoms with Crippen LogP contribution < -0.4 is 4.74 Å². The lowest BCUT2D eigenvalue weighted by molar-refractivity contribution is -0.139. The highest BCUT2D eigenvalue weighted by Crippen LogP contribution is 2.39. The quantitative estimate of drug-likeness (QED) is 0.140. The smallest absolute Gasteiger partial charge is 0.341 e. The number of rotatable bonds is 6. The maximum absolute atomic E-state index is 12.2. The molecule has 4 aromatic rings. The van der Waals surface area contributed by atoms with Crippen molar-refractivity contribution in [3.63, 3.8) is 0 Å². The number of aromatic hydroxyl groups is 3. The molecule has 5 rings (SSSR count). The monoisotopic (exact) mass is 628 g/mol. The van der Waals surface area contributed by atoms with E-state index >= 15 is 0 Å². The fraction of sp³-hybridized carbons (Fsp3) is 0.176. The summed E-state index contributed by atoms with van der Waals surface area (Å²) in [4.78, 5) is 47.9. The Balaban J connectivity index is 1.87. The summed E-state index contributed by atoms with van der Waals surface area (Å²) in [5.41, 5.74) is 1.24. The average molecular weight is 629 g/mol. The first-order chi connectivity index (χ1) is 21.7. The largest absolute Gasteiger partial charge is 0.507 e. The van der Waals surface area contributed by atoms with Crippen LogP contribution in [0.5, 0.6) is 23.0 Å². The summed E-state index contributed by atoms with van der Waals surface area (Å²) in [6.45, 7) is 0.909. The zero-order valence-corrected chi connectivity index (χ0v) is 24.3. The molecule has 0 spiro atoms. The minimum absolute atomic E-state index is 0.0565. The van der Waals surface area contributed by atoms with Crippen LogP contribution in [0, 0.1) is 6.92 Å². The molecule has 46 heavy (non-hydrogen) atoms. The molecule has 0 radical (unpaired) electrons. The number of aliphatic carboxylic acids is 1. The summed E-state index contributed by atoms with van der Waals surface area (Å²) in [7, 11) is 0. The van der Waals surface area contributed by atoms with Crippen molar-refractivity contribution in [2.75, 3.05) is 6.61 Å². The van der Waals surface area contributed by atoms with E-state index in [4.69, 9.17) is 4.74 Å². The van der Waals surface area contributed by atoms with Crippen molar-refractivity contribution in [3.05, 3.63) is 115 Å². The zero-order chi connectivity index (χ0) is 33.4. The Labute approximate surface area is 261 Å². The second-order valence-electron chi connectivity index (χ2n) is 11.1. The molecule has 236 valence electrons. The van der Waals surface area contributed by atoms with Gasteiger partial charge in [-0.3, -0.25) is 0 Å². The Morgan fingerprint density at radius 2 is 0.804 bits per heavy atom. The molecule has 8 bridgehead atoms. The SMILES string of the molecule is Cc1cc2c(O)c(c1)Cc1cc(C(=O)O)cc(c1O)Cc1cc(C(=O)O)cc(c1OCC(=O)O)Cc1cc(C(=O)O)cc(c1O)C2. The van der Waals surface area contributed by atoms with Gasteiger partial charge in [0.15, 0.2) is 6.61 Å². The number of aryl methyl sites for hydroxylation is 1. The van der Waals surface area contributed by atoms with Crippen LogP contribution in [0.4, 0.5) is 0 Å². The average Bonchev–Trinajstić information content (AvgIpc) is 2.97. The number of hydrogen-bond acceptors (Lipinski definition) is 8. The van der Waals surface area contributed by atoms with E-state index in [0.717, 1.165) is 0 Å². The first kappa shape index (κ1) is 31.4. The summed E-state index contributed by atoms with van der Waals surface area (Å²) < 4.78 is 5.63. The molecule has 12 heteroatoms. The van der Waals surface area contributed by atoms with Crippen LogP contribution in [-0.4, -0.2) is 66.2 Å². The summed E-state index contributed by atoms with van der Waals surface area (Å²) in [5.74, 6) is -6.26. The zero-order valence-electron chi connectivity index (χ0n) is 24.3. The molecule has 0 saturated heterocycles. The van der Waals surface area contributed by atoms with Gasteiger partial charge in [-0.25, -0.2) is 19.2 Å². The van der Waals surface area contributed by atoms with Crippen molar-refractivity contribution < 1.29 is 59.7 Å². The second kappa shape index (κ2) is 12.2. The Morgan fingerprint density at radius 3 is 1.11 bits per heavy atom. The van der Waals surface area contributed by atoms with Crippen LogP contribution in [0.1, 0.15) is 81.1 Å². The predicted octanol–water partition coefficient (Wildman–Crippen LogP) is 4.35. The van der Waals surface area contributed by atoms with Crippen molar-refractivity contribution in [1.82, 2.24) is 0 Å². The minimum Gasteiger partial charge on any atom is -0.507 e. The van der Waals surface area contributed by atoms with E-state index in [2.05, 4.69) is 0 Å². The van der Waals surface area contributed by atoms with E-state index in [1.54, 1.807) is 19.1 Å². The molecule has 7 N–H and O–H groups in total. The van der Waals surface area contributed by atoms with Gasteiger partial charge >= 0.3 is 23.9 Å². The first-order valence-corrected chi connectivity index (χ1v) is 13.9. The molecule has 4 aromatic carbocycles. The topological polar surface area (TPSA) is 219 Å². The Bertz CT molecular complexity index is 1840. The van der Waals surface area contributed by atoms with E-state index < -0.39 is 30.5 Å². The van der Waals surface area contributed by atoms with Crippen molar-refractivity contribution >= 4 is 23.9 Å². The maximum atomic E-state index is 12.2. The number of ether oxygens (including phenoxy) is 1. The van der Waals surface area contributed by atoms with Crippen LogP contribution in [0.15, 0.2) is 48.5 Å². The molecule has 0 heterocycles. The number of aromatic carboxylic acids is 3. The number of carbonyl (C=O) groups is 4. The highest BCUT2D eigenvalue weighted by molar-refractivity contribution is 5.90. The maximum Gasteiger partial charge on any atom is 0.341 e. The molecule has 12 nitrogen and oxygen atoms in total. The van der Waals surface area contributed by atoms with Gasteiger partial charge in [-0.05, 0) is 87.8 Å². The number of phenols is 3. The van der Waals surface area contributed by atoms with Crippen LogP contribution in [0.3, 0.4) is 0 Å². The number of fused-ring (bicyclic) bond motifs is 8. The van der Waals surface area contributed by atoms with Crippen LogP contribution >= 0.6 is 0 Å². The van der Waals surface area contributed by atoms with Crippen LogP contribution in [0.25, 0.3) is 0 Å². The van der Waals surface area contributed by atoms with E-state index in [1.807, 2.05) is 0 Å². The van der Waals surface area contributed by atoms with Gasteiger partial charge in [0.25, 0.3) is 0 Å². The molecule has 0 fully saturated rings. The molecular weight excluding hydrogens is 600 g/mol. The van der Waals surface area contributed by atoms with Crippen molar-refractivity contribution in [2.24, 2.45) is 0 Å². The van der Waals surface area contributed by atoms with Crippen molar-refractivity contribution in [1.29, 1.82) is 0 Å². The van der Waals surface area contributed by atoms with E-state index in [9.17, 15) is 54.9 Å². The number of carboxylic acid groups (broad SMARTS) is 4. The van der Waals surface area contributed by atoms with E-state index in [0.29, 0.717) is 16.7 Å². The van der Waals surface area contributed by atoms with Crippen LogP contribution in [0.2, 0.25) is 0 Å². The molecule has 0 aromatic heterocycles. The first-order valence-electron chi connectivity index (χ1n) is 13.9. The second-order valence-corrected chi connectivity index (χ2v) is 11.1. The number of hydrogen-bond donors (Lipinski definition) is 7. The minimum atomic E-state index is -1.36. The third-order valence-electron chi connectivity index (χ3n) is 7.79. The molecule has 1 aliphatic carbocycles. The normalized spacial score (nSPS) is 12.3. The Kier molecular flexibility index (Phi) is 8.29. The van der Waals surface area contributed by atoms with Crippen molar-refractivity contribution in [2.45, 2.75) is 32.6 Å². The van der Waals surface area contributed by atoms with Gasteiger partial charge in [0.05, 0.1) is 16.7 Å². The number of benzene rings is 4.